The fourth-order valence-electron chi connectivity index (χ4n) is 3.43. The van der Waals surface area contributed by atoms with E-state index in [2.05, 4.69) is 41.1 Å². The van der Waals surface area contributed by atoms with Gasteiger partial charge in [-0.15, -0.1) is 0 Å². The van der Waals surface area contributed by atoms with Crippen LogP contribution in [0.5, 0.6) is 0 Å². The molecule has 0 aromatic carbocycles. The van der Waals surface area contributed by atoms with Crippen LogP contribution < -0.4 is 5.32 Å². The zero-order chi connectivity index (χ0) is 17.1. The van der Waals surface area contributed by atoms with Crippen molar-refractivity contribution in [1.82, 2.24) is 24.6 Å². The van der Waals surface area contributed by atoms with Crippen LogP contribution in [0.1, 0.15) is 51.8 Å². The number of rotatable bonds is 6. The fraction of sp³-hybridized carbons (Fsp3) is 0.722. The first kappa shape index (κ1) is 17.1. The van der Waals surface area contributed by atoms with Crippen molar-refractivity contribution in [2.45, 2.75) is 46.0 Å². The molecule has 6 nitrogen and oxygen atoms in total. The number of hydrogen-bond donors (Lipinski definition) is 1. The average molecular weight is 330 g/mol. The standard InChI is InChI=1S/C18H30N6/c1-13(2)16-21-17(15-11-20-23(4)18(15)22-16)19-8-6-10-24-9-5-7-14(3)12-24/h11,13-14H,5-10,12H2,1-4H3,(H,19,21,22). The molecule has 3 heterocycles. The van der Waals surface area contributed by atoms with Gasteiger partial charge in [-0.2, -0.15) is 5.10 Å². The van der Waals surface area contributed by atoms with Crippen LogP contribution in [-0.2, 0) is 7.05 Å². The maximum atomic E-state index is 4.72. The molecule has 0 radical (unpaired) electrons. The molecular weight excluding hydrogens is 300 g/mol. The van der Waals surface area contributed by atoms with Gasteiger partial charge >= 0.3 is 0 Å². The molecule has 2 aromatic heterocycles. The van der Waals surface area contributed by atoms with Crippen molar-refractivity contribution in [3.63, 3.8) is 0 Å². The van der Waals surface area contributed by atoms with Crippen LogP contribution in [0.3, 0.4) is 0 Å². The molecule has 6 heteroatoms. The Kier molecular flexibility index (Phi) is 5.33. The first-order valence-corrected chi connectivity index (χ1v) is 9.20. The molecule has 0 saturated carbocycles. The summed E-state index contributed by atoms with van der Waals surface area (Å²) in [7, 11) is 1.93. The third-order valence-electron chi connectivity index (χ3n) is 4.81. The molecular formula is C18H30N6. The largest absolute Gasteiger partial charge is 0.369 e. The Labute approximate surface area is 144 Å². The second-order valence-corrected chi connectivity index (χ2v) is 7.42. The molecule has 0 amide bonds. The summed E-state index contributed by atoms with van der Waals surface area (Å²) in [6.45, 7) is 11.2. The van der Waals surface area contributed by atoms with Crippen molar-refractivity contribution in [2.75, 3.05) is 31.5 Å². The Hall–Kier alpha value is -1.69. The lowest BCUT2D eigenvalue weighted by Gasteiger charge is -2.30. The van der Waals surface area contributed by atoms with Crippen LogP contribution in [0.25, 0.3) is 11.0 Å². The van der Waals surface area contributed by atoms with Crippen LogP contribution in [0.2, 0.25) is 0 Å². The molecule has 1 fully saturated rings. The molecule has 132 valence electrons. The molecule has 3 rings (SSSR count). The Morgan fingerprint density at radius 1 is 1.33 bits per heavy atom. The molecule has 1 atom stereocenters. The Morgan fingerprint density at radius 2 is 2.17 bits per heavy atom. The third kappa shape index (κ3) is 3.86. The minimum Gasteiger partial charge on any atom is -0.369 e. The van der Waals surface area contributed by atoms with Crippen molar-refractivity contribution in [3.05, 3.63) is 12.0 Å². The van der Waals surface area contributed by atoms with E-state index >= 15 is 0 Å². The zero-order valence-corrected chi connectivity index (χ0v) is 15.4. The van der Waals surface area contributed by atoms with Crippen molar-refractivity contribution >= 4 is 16.9 Å². The highest BCUT2D eigenvalue weighted by atomic mass is 15.3. The summed E-state index contributed by atoms with van der Waals surface area (Å²) < 4.78 is 1.82. The zero-order valence-electron chi connectivity index (χ0n) is 15.4. The van der Waals surface area contributed by atoms with E-state index in [0.717, 1.165) is 48.1 Å². The van der Waals surface area contributed by atoms with Crippen molar-refractivity contribution < 1.29 is 0 Å². The summed E-state index contributed by atoms with van der Waals surface area (Å²) >= 11 is 0. The molecule has 1 saturated heterocycles. The minimum absolute atomic E-state index is 0.305. The number of nitrogens with one attached hydrogen (secondary N) is 1. The molecule has 1 N–H and O–H groups in total. The van der Waals surface area contributed by atoms with Gasteiger partial charge in [0.2, 0.25) is 0 Å². The van der Waals surface area contributed by atoms with Gasteiger partial charge in [0.15, 0.2) is 5.65 Å². The van der Waals surface area contributed by atoms with Crippen LogP contribution in [-0.4, -0.2) is 50.8 Å². The topological polar surface area (TPSA) is 58.9 Å². The lowest BCUT2D eigenvalue weighted by molar-refractivity contribution is 0.183. The summed E-state index contributed by atoms with van der Waals surface area (Å²) in [5, 5.41) is 8.86. The normalized spacial score (nSPS) is 19.3. The molecule has 1 aliphatic rings. The number of hydrogen-bond acceptors (Lipinski definition) is 5. The number of anilines is 1. The maximum Gasteiger partial charge on any atom is 0.163 e. The van der Waals surface area contributed by atoms with Crippen LogP contribution in [0.4, 0.5) is 5.82 Å². The van der Waals surface area contributed by atoms with E-state index in [9.17, 15) is 0 Å². The number of aromatic nitrogens is 4. The van der Waals surface area contributed by atoms with Crippen molar-refractivity contribution in [3.8, 4) is 0 Å². The summed E-state index contributed by atoms with van der Waals surface area (Å²) in [5.41, 5.74) is 0.904. The lowest BCUT2D eigenvalue weighted by Crippen LogP contribution is -2.35. The van der Waals surface area contributed by atoms with Gasteiger partial charge in [0.1, 0.15) is 11.6 Å². The quantitative estimate of drug-likeness (QED) is 0.825. The smallest absolute Gasteiger partial charge is 0.163 e. The molecule has 24 heavy (non-hydrogen) atoms. The second-order valence-electron chi connectivity index (χ2n) is 7.42. The predicted octanol–water partition coefficient (Wildman–Crippen LogP) is 3.02. The van der Waals surface area contributed by atoms with Crippen LogP contribution >= 0.6 is 0 Å². The minimum atomic E-state index is 0.305. The highest BCUT2D eigenvalue weighted by Gasteiger charge is 2.16. The number of likely N-dealkylation sites (tertiary alicyclic amines) is 1. The maximum absolute atomic E-state index is 4.72. The van der Waals surface area contributed by atoms with E-state index in [4.69, 9.17) is 4.98 Å². The number of piperidine rings is 1. The molecule has 1 unspecified atom stereocenters. The van der Waals surface area contributed by atoms with Gasteiger partial charge in [0.25, 0.3) is 0 Å². The van der Waals surface area contributed by atoms with Crippen LogP contribution in [0.15, 0.2) is 6.20 Å². The third-order valence-corrected chi connectivity index (χ3v) is 4.81. The second kappa shape index (κ2) is 7.47. The van der Waals surface area contributed by atoms with Gasteiger partial charge in [-0.25, -0.2) is 9.97 Å². The molecule has 0 spiro atoms. The van der Waals surface area contributed by atoms with E-state index in [-0.39, 0.29) is 0 Å². The molecule has 0 bridgehead atoms. The summed E-state index contributed by atoms with van der Waals surface area (Å²) in [4.78, 5) is 12.0. The molecule has 0 aliphatic carbocycles. The first-order chi connectivity index (χ1) is 11.5. The average Bonchev–Trinajstić information content (AvgIpc) is 2.93. The Balaban J connectivity index is 1.62. The summed E-state index contributed by atoms with van der Waals surface area (Å²) in [5.74, 6) is 2.94. The van der Waals surface area contributed by atoms with Gasteiger partial charge in [0.05, 0.1) is 11.6 Å². The number of nitrogens with zero attached hydrogens (tertiary/aromatic N) is 5. The van der Waals surface area contributed by atoms with Gasteiger partial charge in [-0.05, 0) is 38.3 Å². The monoisotopic (exact) mass is 330 g/mol. The van der Waals surface area contributed by atoms with E-state index in [1.165, 1.54) is 25.9 Å². The molecule has 2 aromatic rings. The van der Waals surface area contributed by atoms with E-state index in [1.54, 1.807) is 0 Å². The summed E-state index contributed by atoms with van der Waals surface area (Å²) in [6.07, 6.45) is 5.71. The number of fused-ring (bicyclic) bond motifs is 1. The lowest BCUT2D eigenvalue weighted by atomic mass is 10.0. The predicted molar refractivity (Wildman–Crippen MR) is 98.3 cm³/mol. The van der Waals surface area contributed by atoms with E-state index in [1.807, 2.05) is 17.9 Å². The SMILES string of the molecule is CC1CCCN(CCCNc2nc(C(C)C)nc3c2cnn3C)C1. The van der Waals surface area contributed by atoms with E-state index in [0.29, 0.717) is 5.92 Å². The van der Waals surface area contributed by atoms with Gasteiger partial charge < -0.3 is 10.2 Å². The van der Waals surface area contributed by atoms with Gasteiger partial charge in [0, 0.05) is 26.1 Å². The summed E-state index contributed by atoms with van der Waals surface area (Å²) in [6, 6.07) is 0. The van der Waals surface area contributed by atoms with Crippen molar-refractivity contribution in [1.29, 1.82) is 0 Å². The number of aryl methyl sites for hydroxylation is 1. The van der Waals surface area contributed by atoms with Gasteiger partial charge in [-0.1, -0.05) is 20.8 Å². The highest BCUT2D eigenvalue weighted by Crippen LogP contribution is 2.22. The molecule has 1 aliphatic heterocycles. The van der Waals surface area contributed by atoms with Crippen molar-refractivity contribution in [2.24, 2.45) is 13.0 Å². The van der Waals surface area contributed by atoms with E-state index < -0.39 is 0 Å². The van der Waals surface area contributed by atoms with Gasteiger partial charge in [-0.3, -0.25) is 4.68 Å². The Morgan fingerprint density at radius 3 is 2.92 bits per heavy atom. The van der Waals surface area contributed by atoms with Crippen LogP contribution in [0, 0.1) is 5.92 Å². The Bertz CT molecular complexity index is 677. The fourth-order valence-corrected chi connectivity index (χ4v) is 3.43. The highest BCUT2D eigenvalue weighted by molar-refractivity contribution is 5.86. The first-order valence-electron chi connectivity index (χ1n) is 9.20.